The summed E-state index contributed by atoms with van der Waals surface area (Å²) in [7, 11) is 0. The van der Waals surface area contributed by atoms with Crippen molar-refractivity contribution in [2.45, 2.75) is 51.6 Å². The van der Waals surface area contributed by atoms with E-state index in [1.54, 1.807) is 11.0 Å². The van der Waals surface area contributed by atoms with Gasteiger partial charge in [0.1, 0.15) is 17.2 Å². The van der Waals surface area contributed by atoms with E-state index >= 15 is 0 Å². The van der Waals surface area contributed by atoms with Gasteiger partial charge in [0.05, 0.1) is 0 Å². The summed E-state index contributed by atoms with van der Waals surface area (Å²) in [6.45, 7) is 5.28. The Kier molecular flexibility index (Phi) is 6.35. The summed E-state index contributed by atoms with van der Waals surface area (Å²) in [5.74, 6) is -1.17. The molecule has 1 saturated heterocycles. The summed E-state index contributed by atoms with van der Waals surface area (Å²) >= 11 is 0. The molecule has 5 heteroatoms. The molecule has 2 rings (SSSR count). The van der Waals surface area contributed by atoms with Crippen molar-refractivity contribution in [1.82, 2.24) is 4.90 Å². The van der Waals surface area contributed by atoms with Crippen molar-refractivity contribution in [2.24, 2.45) is 0 Å². The van der Waals surface area contributed by atoms with E-state index in [0.29, 0.717) is 18.4 Å². The van der Waals surface area contributed by atoms with Gasteiger partial charge in [-0.2, -0.15) is 0 Å². The van der Waals surface area contributed by atoms with Crippen LogP contribution in [0.3, 0.4) is 0 Å². The highest BCUT2D eigenvalue weighted by atomic mass is 19.1. The molecule has 132 valence electrons. The van der Waals surface area contributed by atoms with E-state index in [-0.39, 0.29) is 6.09 Å². The number of amides is 1. The molecule has 1 aliphatic rings. The van der Waals surface area contributed by atoms with Crippen LogP contribution in [0.5, 0.6) is 0 Å². The molecule has 1 heterocycles. The van der Waals surface area contributed by atoms with Crippen LogP contribution in [0, 0.1) is 11.6 Å². The van der Waals surface area contributed by atoms with E-state index in [4.69, 9.17) is 4.74 Å². The average molecular weight is 337 g/mol. The molecule has 0 N–H and O–H groups in total. The van der Waals surface area contributed by atoms with Crippen LogP contribution in [0.25, 0.3) is 6.08 Å². The molecule has 0 spiro atoms. The van der Waals surface area contributed by atoms with Gasteiger partial charge in [-0.25, -0.2) is 13.6 Å². The van der Waals surface area contributed by atoms with Crippen LogP contribution in [-0.2, 0) is 4.74 Å². The number of likely N-dealkylation sites (tertiary alicyclic amines) is 1. The fourth-order valence-corrected chi connectivity index (χ4v) is 2.71. The second-order valence-electron chi connectivity index (χ2n) is 6.78. The van der Waals surface area contributed by atoms with Crippen molar-refractivity contribution in [1.29, 1.82) is 0 Å². The predicted octanol–water partition coefficient (Wildman–Crippen LogP) is 5.16. The van der Waals surface area contributed by atoms with E-state index in [0.717, 1.165) is 38.4 Å². The first-order valence-electron chi connectivity index (χ1n) is 8.47. The van der Waals surface area contributed by atoms with Gasteiger partial charge >= 0.3 is 6.09 Å². The van der Waals surface area contributed by atoms with Crippen molar-refractivity contribution in [3.05, 3.63) is 41.5 Å². The number of nitrogens with zero attached hydrogens (tertiary/aromatic N) is 1. The summed E-state index contributed by atoms with van der Waals surface area (Å²) in [4.78, 5) is 13.9. The number of carbonyl (C=O) groups excluding carboxylic acids is 1. The van der Waals surface area contributed by atoms with Crippen molar-refractivity contribution < 1.29 is 18.3 Å². The fraction of sp³-hybridized carbons (Fsp3) is 0.526. The van der Waals surface area contributed by atoms with Crippen LogP contribution >= 0.6 is 0 Å². The Morgan fingerprint density at radius 2 is 1.96 bits per heavy atom. The zero-order valence-corrected chi connectivity index (χ0v) is 14.4. The lowest BCUT2D eigenvalue weighted by Crippen LogP contribution is -2.40. The quantitative estimate of drug-likeness (QED) is 0.743. The van der Waals surface area contributed by atoms with Crippen LogP contribution in [0.15, 0.2) is 24.3 Å². The summed E-state index contributed by atoms with van der Waals surface area (Å²) < 4.78 is 32.0. The normalized spacial score (nSPS) is 15.8. The number of allylic oxidation sites excluding steroid dienone is 1. The molecule has 0 bridgehead atoms. The minimum atomic E-state index is -0.588. The first-order chi connectivity index (χ1) is 11.4. The van der Waals surface area contributed by atoms with Crippen LogP contribution in [0.1, 0.15) is 51.5 Å². The highest BCUT2D eigenvalue weighted by Crippen LogP contribution is 2.21. The third-order valence-electron chi connectivity index (χ3n) is 4.15. The lowest BCUT2D eigenvalue weighted by Gasteiger charge is -2.31. The highest BCUT2D eigenvalue weighted by Gasteiger charge is 2.26. The molecule has 1 aromatic carbocycles. The van der Waals surface area contributed by atoms with E-state index in [9.17, 15) is 13.6 Å². The van der Waals surface area contributed by atoms with E-state index in [1.807, 2.05) is 19.9 Å². The van der Waals surface area contributed by atoms with Gasteiger partial charge in [-0.15, -0.1) is 0 Å². The van der Waals surface area contributed by atoms with Crippen molar-refractivity contribution >= 4 is 12.2 Å². The largest absolute Gasteiger partial charge is 0.443 e. The fourth-order valence-electron chi connectivity index (χ4n) is 2.71. The van der Waals surface area contributed by atoms with Gasteiger partial charge in [-0.1, -0.05) is 12.2 Å². The molecule has 1 aromatic rings. The number of halogens is 2. The number of carbonyl (C=O) groups is 1. The van der Waals surface area contributed by atoms with E-state index in [1.165, 1.54) is 12.1 Å². The molecule has 3 nitrogen and oxygen atoms in total. The van der Waals surface area contributed by atoms with Crippen LogP contribution in [0.2, 0.25) is 0 Å². The topological polar surface area (TPSA) is 29.5 Å². The lowest BCUT2D eigenvalue weighted by molar-refractivity contribution is 0.00625. The standard InChI is InChI=1S/C19H25F2NO2/c1-19(2,24-18(23)22-12-6-3-7-13-22)11-5-4-8-15-9-10-16(20)14-17(15)21/h4,8-10,14H,3,5-7,11-13H2,1-2H3. The molecule has 0 radical (unpaired) electrons. The van der Waals surface area contributed by atoms with Crippen molar-refractivity contribution in [3.63, 3.8) is 0 Å². The van der Waals surface area contributed by atoms with Crippen LogP contribution < -0.4 is 0 Å². The number of hydrogen-bond donors (Lipinski definition) is 0. The number of rotatable bonds is 5. The molecule has 0 atom stereocenters. The molecular weight excluding hydrogens is 312 g/mol. The summed E-state index contributed by atoms with van der Waals surface area (Å²) in [5.41, 5.74) is -0.236. The van der Waals surface area contributed by atoms with Crippen LogP contribution in [-0.4, -0.2) is 29.7 Å². The van der Waals surface area contributed by atoms with Crippen LogP contribution in [0.4, 0.5) is 13.6 Å². The Bertz CT molecular complexity index is 593. The average Bonchev–Trinajstić information content (AvgIpc) is 2.53. The zero-order valence-electron chi connectivity index (χ0n) is 14.4. The Hall–Kier alpha value is -1.91. The molecule has 0 aromatic heterocycles. The van der Waals surface area contributed by atoms with Gasteiger partial charge in [0.2, 0.25) is 0 Å². The monoisotopic (exact) mass is 337 g/mol. The molecule has 0 aliphatic carbocycles. The van der Waals surface area contributed by atoms with E-state index < -0.39 is 17.2 Å². The first kappa shape index (κ1) is 18.4. The van der Waals surface area contributed by atoms with Gasteiger partial charge in [-0.3, -0.25) is 0 Å². The Balaban J connectivity index is 1.81. The Morgan fingerprint density at radius 1 is 1.25 bits per heavy atom. The molecule has 0 saturated carbocycles. The third-order valence-corrected chi connectivity index (χ3v) is 4.15. The van der Waals surface area contributed by atoms with E-state index in [2.05, 4.69) is 0 Å². The molecule has 1 fully saturated rings. The maximum Gasteiger partial charge on any atom is 0.410 e. The van der Waals surface area contributed by atoms with Gasteiger partial charge < -0.3 is 9.64 Å². The number of ether oxygens (including phenoxy) is 1. The van der Waals surface area contributed by atoms with Gasteiger partial charge in [0, 0.05) is 24.7 Å². The lowest BCUT2D eigenvalue weighted by atomic mass is 10.0. The summed E-state index contributed by atoms with van der Waals surface area (Å²) in [6, 6.07) is 3.50. The second kappa shape index (κ2) is 8.27. The molecule has 1 aliphatic heterocycles. The molecule has 0 unspecified atom stereocenters. The van der Waals surface area contributed by atoms with Crippen molar-refractivity contribution in [3.8, 4) is 0 Å². The summed E-state index contributed by atoms with van der Waals surface area (Å²) in [6.07, 6.45) is 7.67. The minimum Gasteiger partial charge on any atom is -0.443 e. The number of hydrogen-bond acceptors (Lipinski definition) is 2. The first-order valence-corrected chi connectivity index (χ1v) is 8.47. The Morgan fingerprint density at radius 3 is 2.62 bits per heavy atom. The summed E-state index contributed by atoms with van der Waals surface area (Å²) in [5, 5.41) is 0. The number of piperidine rings is 1. The highest BCUT2D eigenvalue weighted by molar-refractivity contribution is 5.68. The zero-order chi connectivity index (χ0) is 17.6. The maximum absolute atomic E-state index is 13.5. The van der Waals surface area contributed by atoms with Gasteiger partial charge in [0.15, 0.2) is 0 Å². The second-order valence-corrected chi connectivity index (χ2v) is 6.78. The number of benzene rings is 1. The predicted molar refractivity (Wildman–Crippen MR) is 90.6 cm³/mol. The molecule has 1 amide bonds. The van der Waals surface area contributed by atoms with Crippen molar-refractivity contribution in [2.75, 3.05) is 13.1 Å². The molecule has 24 heavy (non-hydrogen) atoms. The van der Waals surface area contributed by atoms with Gasteiger partial charge in [-0.05, 0) is 58.1 Å². The molecular formula is C19H25F2NO2. The Labute approximate surface area is 142 Å². The SMILES string of the molecule is CC(C)(CCC=Cc1ccc(F)cc1F)OC(=O)N1CCCCC1. The minimum absolute atomic E-state index is 0.256. The smallest absolute Gasteiger partial charge is 0.410 e. The third kappa shape index (κ3) is 5.62. The van der Waals surface area contributed by atoms with Gasteiger partial charge in [0.25, 0.3) is 0 Å². The maximum atomic E-state index is 13.5.